The van der Waals surface area contributed by atoms with Crippen molar-refractivity contribution in [3.8, 4) is 0 Å². The van der Waals surface area contributed by atoms with Crippen LogP contribution in [0.5, 0.6) is 0 Å². The second-order valence-electron chi connectivity index (χ2n) is 6.53. The molecule has 0 unspecified atom stereocenters. The van der Waals surface area contributed by atoms with Gasteiger partial charge in [-0.3, -0.25) is 4.98 Å². The summed E-state index contributed by atoms with van der Waals surface area (Å²) in [5.41, 5.74) is 2.01. The van der Waals surface area contributed by atoms with Crippen LogP contribution in [0.15, 0.2) is 24.7 Å². The highest BCUT2D eigenvalue weighted by atomic mass is 32.1. The van der Waals surface area contributed by atoms with Crippen LogP contribution in [0.2, 0.25) is 0 Å². The number of hydrogen-bond acceptors (Lipinski definition) is 8. The minimum absolute atomic E-state index is 0.289. The molecule has 0 amide bonds. The first-order valence-corrected chi connectivity index (χ1v) is 9.48. The summed E-state index contributed by atoms with van der Waals surface area (Å²) < 4.78 is 0. The van der Waals surface area contributed by atoms with Crippen LogP contribution in [0, 0.1) is 20.8 Å². The van der Waals surface area contributed by atoms with E-state index in [1.54, 1.807) is 29.9 Å². The summed E-state index contributed by atoms with van der Waals surface area (Å²) in [7, 11) is 0. The van der Waals surface area contributed by atoms with E-state index in [4.69, 9.17) is 4.98 Å². The van der Waals surface area contributed by atoms with Crippen molar-refractivity contribution in [2.45, 2.75) is 33.1 Å². The monoisotopic (exact) mass is 367 g/mol. The van der Waals surface area contributed by atoms with Gasteiger partial charge in [-0.25, -0.2) is 19.9 Å². The van der Waals surface area contributed by atoms with Gasteiger partial charge in [-0.15, -0.1) is 11.3 Å². The number of anilines is 3. The summed E-state index contributed by atoms with van der Waals surface area (Å²) in [5, 5.41) is 4.21. The van der Waals surface area contributed by atoms with E-state index in [0.29, 0.717) is 0 Å². The second kappa shape index (κ2) is 6.95. The smallest absolute Gasteiger partial charge is 0.188 e. The molecule has 0 radical (unpaired) electrons. The normalized spacial score (nSPS) is 16.9. The molecule has 0 spiro atoms. The van der Waals surface area contributed by atoms with E-state index in [1.165, 1.54) is 4.88 Å². The average Bonchev–Trinajstić information content (AvgIpc) is 3.23. The molecule has 1 fully saturated rings. The third kappa shape index (κ3) is 3.50. The van der Waals surface area contributed by atoms with E-state index in [1.807, 2.05) is 19.9 Å². The summed E-state index contributed by atoms with van der Waals surface area (Å²) in [6.07, 6.45) is 6.24. The van der Waals surface area contributed by atoms with Gasteiger partial charge in [-0.2, -0.15) is 0 Å². The van der Waals surface area contributed by atoms with Crippen molar-refractivity contribution < 1.29 is 0 Å². The first-order valence-electron chi connectivity index (χ1n) is 8.66. The molecule has 7 nitrogen and oxygen atoms in total. The van der Waals surface area contributed by atoms with Crippen LogP contribution in [-0.4, -0.2) is 38.0 Å². The molecule has 0 saturated carbocycles. The lowest BCUT2D eigenvalue weighted by atomic mass is 10.1. The van der Waals surface area contributed by atoms with Crippen LogP contribution in [0.25, 0.3) is 0 Å². The third-order valence-corrected chi connectivity index (χ3v) is 5.55. The number of aromatic nitrogens is 5. The lowest BCUT2D eigenvalue weighted by molar-refractivity contribution is 0.705. The van der Waals surface area contributed by atoms with Gasteiger partial charge in [-0.1, -0.05) is 0 Å². The molecule has 8 heteroatoms. The highest BCUT2D eigenvalue weighted by molar-refractivity contribution is 7.15. The van der Waals surface area contributed by atoms with Crippen LogP contribution in [-0.2, 0) is 0 Å². The molecule has 0 aliphatic carbocycles. The maximum atomic E-state index is 4.76. The number of rotatable bonds is 4. The van der Waals surface area contributed by atoms with Crippen LogP contribution in [0.1, 0.15) is 34.4 Å². The zero-order valence-electron chi connectivity index (χ0n) is 15.1. The summed E-state index contributed by atoms with van der Waals surface area (Å²) in [6, 6.07) is 1.96. The fourth-order valence-electron chi connectivity index (χ4n) is 3.11. The topological polar surface area (TPSA) is 79.7 Å². The van der Waals surface area contributed by atoms with E-state index in [2.05, 4.69) is 37.1 Å². The van der Waals surface area contributed by atoms with Crippen LogP contribution < -0.4 is 10.2 Å². The Labute approximate surface area is 156 Å². The Morgan fingerprint density at radius 3 is 2.77 bits per heavy atom. The summed E-state index contributed by atoms with van der Waals surface area (Å²) >= 11 is 1.64. The number of thiazole rings is 1. The molecule has 4 heterocycles. The Morgan fingerprint density at radius 1 is 1.15 bits per heavy atom. The van der Waals surface area contributed by atoms with Crippen molar-refractivity contribution >= 4 is 28.1 Å². The van der Waals surface area contributed by atoms with Gasteiger partial charge in [0, 0.05) is 48.0 Å². The molecule has 1 aliphatic rings. The first kappa shape index (κ1) is 16.8. The van der Waals surface area contributed by atoms with E-state index in [0.717, 1.165) is 53.5 Å². The van der Waals surface area contributed by atoms with E-state index in [-0.39, 0.29) is 5.92 Å². The Bertz CT molecular complexity index is 890. The van der Waals surface area contributed by atoms with E-state index >= 15 is 0 Å². The SMILES string of the molecule is Cc1cc(Nc2nc(C)c(C)s2)nc([C@@H]2CCN(c3cnccn3)C2)n1. The zero-order valence-corrected chi connectivity index (χ0v) is 15.9. The van der Waals surface area contributed by atoms with Gasteiger partial charge >= 0.3 is 0 Å². The van der Waals surface area contributed by atoms with Crippen molar-refractivity contribution in [3.05, 3.63) is 46.7 Å². The van der Waals surface area contributed by atoms with Gasteiger partial charge in [-0.05, 0) is 27.2 Å². The highest BCUT2D eigenvalue weighted by Crippen LogP contribution is 2.29. The second-order valence-corrected chi connectivity index (χ2v) is 7.74. The number of aryl methyl sites for hydroxylation is 3. The van der Waals surface area contributed by atoms with Crippen LogP contribution in [0.4, 0.5) is 16.8 Å². The Hall–Kier alpha value is -2.61. The van der Waals surface area contributed by atoms with Gasteiger partial charge in [0.2, 0.25) is 0 Å². The zero-order chi connectivity index (χ0) is 18.1. The maximum absolute atomic E-state index is 4.76. The largest absolute Gasteiger partial charge is 0.355 e. The van der Waals surface area contributed by atoms with Crippen molar-refractivity contribution in [2.24, 2.45) is 0 Å². The molecule has 26 heavy (non-hydrogen) atoms. The number of nitrogens with zero attached hydrogens (tertiary/aromatic N) is 6. The van der Waals surface area contributed by atoms with Crippen LogP contribution >= 0.6 is 11.3 Å². The quantitative estimate of drug-likeness (QED) is 0.757. The molecule has 1 N–H and O–H groups in total. The van der Waals surface area contributed by atoms with Crippen molar-refractivity contribution in [2.75, 3.05) is 23.3 Å². The molecule has 3 aromatic heterocycles. The van der Waals surface area contributed by atoms with Gasteiger partial charge in [0.1, 0.15) is 17.5 Å². The molecule has 0 aromatic carbocycles. The molecule has 1 atom stereocenters. The van der Waals surface area contributed by atoms with Gasteiger partial charge in [0.15, 0.2) is 5.13 Å². The molecular weight excluding hydrogens is 346 g/mol. The lowest BCUT2D eigenvalue weighted by Gasteiger charge is -2.16. The van der Waals surface area contributed by atoms with Gasteiger partial charge in [0.25, 0.3) is 0 Å². The number of hydrogen-bond donors (Lipinski definition) is 1. The van der Waals surface area contributed by atoms with Crippen molar-refractivity contribution in [3.63, 3.8) is 0 Å². The van der Waals surface area contributed by atoms with E-state index in [9.17, 15) is 0 Å². The average molecular weight is 367 g/mol. The van der Waals surface area contributed by atoms with Gasteiger partial charge < -0.3 is 10.2 Å². The Balaban J connectivity index is 1.53. The molecule has 0 bridgehead atoms. The summed E-state index contributed by atoms with van der Waals surface area (Å²) in [6.45, 7) is 7.90. The molecular formula is C18H21N7S. The molecule has 4 rings (SSSR count). The molecule has 1 saturated heterocycles. The minimum Gasteiger partial charge on any atom is -0.355 e. The maximum Gasteiger partial charge on any atom is 0.188 e. The highest BCUT2D eigenvalue weighted by Gasteiger charge is 2.27. The third-order valence-electron chi connectivity index (χ3n) is 4.56. The Morgan fingerprint density at radius 2 is 2.04 bits per heavy atom. The lowest BCUT2D eigenvalue weighted by Crippen LogP contribution is -2.21. The van der Waals surface area contributed by atoms with Crippen LogP contribution in [0.3, 0.4) is 0 Å². The standard InChI is InChI=1S/C18H21N7S/c1-11-8-15(24-18-22-12(2)13(3)26-18)23-17(21-11)14-4-7-25(10-14)16-9-19-5-6-20-16/h5-6,8-9,14H,4,7,10H2,1-3H3,(H,21,22,23,24)/t14-/m1/s1. The predicted molar refractivity (Wildman–Crippen MR) is 103 cm³/mol. The minimum atomic E-state index is 0.289. The first-order chi connectivity index (χ1) is 12.6. The summed E-state index contributed by atoms with van der Waals surface area (Å²) in [5.74, 6) is 2.88. The fraction of sp³-hybridized carbons (Fsp3) is 0.389. The molecule has 3 aromatic rings. The van der Waals surface area contributed by atoms with E-state index < -0.39 is 0 Å². The van der Waals surface area contributed by atoms with Gasteiger partial charge in [0.05, 0.1) is 11.9 Å². The Kier molecular flexibility index (Phi) is 4.50. The summed E-state index contributed by atoms with van der Waals surface area (Å²) in [4.78, 5) is 26.0. The van der Waals surface area contributed by atoms with Crippen molar-refractivity contribution in [1.29, 1.82) is 0 Å². The fourth-order valence-corrected chi connectivity index (χ4v) is 3.93. The predicted octanol–water partition coefficient (Wildman–Crippen LogP) is 3.39. The molecule has 134 valence electrons. The molecule has 1 aliphatic heterocycles. The number of nitrogens with one attached hydrogen (secondary N) is 1. The van der Waals surface area contributed by atoms with Crippen molar-refractivity contribution in [1.82, 2.24) is 24.9 Å².